The second-order valence-electron chi connectivity index (χ2n) is 5.07. The molecule has 130 valence electrons. The van der Waals surface area contributed by atoms with Crippen LogP contribution in [0.15, 0.2) is 51.3 Å². The maximum absolute atomic E-state index is 12.6. The number of nitrogens with zero attached hydrogens (tertiary/aromatic N) is 3. The molecule has 25 heavy (non-hydrogen) atoms. The van der Waals surface area contributed by atoms with Gasteiger partial charge in [-0.2, -0.15) is 4.31 Å². The van der Waals surface area contributed by atoms with Gasteiger partial charge in [-0.3, -0.25) is 4.98 Å². The molecule has 0 saturated heterocycles. The molecule has 3 aromatic heterocycles. The standard InChI is InChI=1S/C15H13N3O5S2/c1-18(25(21,22)13-5-7-24-14(13)15(19)20)9-10-8-12(17-23-10)11-4-2-3-6-16-11/h2-8H,9H2,1H3,(H,19,20). The van der Waals surface area contributed by atoms with Crippen LogP contribution in [-0.2, 0) is 16.6 Å². The number of carboxylic acid groups (broad SMARTS) is 1. The molecule has 0 bridgehead atoms. The Morgan fingerprint density at radius 2 is 2.12 bits per heavy atom. The molecule has 3 heterocycles. The average Bonchev–Trinajstić information content (AvgIpc) is 3.25. The molecule has 0 atom stereocenters. The van der Waals surface area contributed by atoms with Gasteiger partial charge < -0.3 is 9.63 Å². The Bertz CT molecular complexity index is 995. The predicted molar refractivity (Wildman–Crippen MR) is 89.7 cm³/mol. The Morgan fingerprint density at radius 1 is 1.32 bits per heavy atom. The third kappa shape index (κ3) is 3.45. The highest BCUT2D eigenvalue weighted by Crippen LogP contribution is 2.26. The molecule has 0 aromatic carbocycles. The number of pyridine rings is 1. The van der Waals surface area contributed by atoms with Crippen molar-refractivity contribution in [2.24, 2.45) is 0 Å². The molecule has 0 radical (unpaired) electrons. The number of rotatable bonds is 6. The normalized spacial score (nSPS) is 11.8. The first-order valence-electron chi connectivity index (χ1n) is 7.03. The van der Waals surface area contributed by atoms with Crippen molar-refractivity contribution in [2.45, 2.75) is 11.4 Å². The fourth-order valence-corrected chi connectivity index (χ4v) is 4.52. The Balaban J connectivity index is 1.82. The van der Waals surface area contributed by atoms with Crippen LogP contribution in [0.3, 0.4) is 0 Å². The molecule has 0 saturated carbocycles. The Kier molecular flexibility index (Phi) is 4.66. The van der Waals surface area contributed by atoms with Crippen LogP contribution in [0.4, 0.5) is 0 Å². The van der Waals surface area contributed by atoms with E-state index < -0.39 is 16.0 Å². The van der Waals surface area contributed by atoms with E-state index in [1.807, 2.05) is 0 Å². The van der Waals surface area contributed by atoms with Gasteiger partial charge in [-0.25, -0.2) is 13.2 Å². The highest BCUT2D eigenvalue weighted by molar-refractivity contribution is 7.89. The summed E-state index contributed by atoms with van der Waals surface area (Å²) in [5.74, 6) is -0.960. The van der Waals surface area contributed by atoms with Crippen molar-refractivity contribution in [3.05, 3.63) is 52.5 Å². The van der Waals surface area contributed by atoms with Crippen molar-refractivity contribution >= 4 is 27.3 Å². The first-order chi connectivity index (χ1) is 11.9. The summed E-state index contributed by atoms with van der Waals surface area (Å²) in [5, 5.41) is 14.4. The molecule has 0 amide bonds. The van der Waals surface area contributed by atoms with E-state index in [1.54, 1.807) is 30.5 Å². The lowest BCUT2D eigenvalue weighted by atomic mass is 10.2. The molecule has 0 spiro atoms. The van der Waals surface area contributed by atoms with E-state index >= 15 is 0 Å². The molecular formula is C15H13N3O5S2. The monoisotopic (exact) mass is 379 g/mol. The lowest BCUT2D eigenvalue weighted by Gasteiger charge is -2.15. The average molecular weight is 379 g/mol. The number of aromatic carboxylic acids is 1. The number of hydrogen-bond donors (Lipinski definition) is 1. The molecule has 0 unspecified atom stereocenters. The lowest BCUT2D eigenvalue weighted by Crippen LogP contribution is -2.27. The van der Waals surface area contributed by atoms with E-state index in [2.05, 4.69) is 10.1 Å². The first-order valence-corrected chi connectivity index (χ1v) is 9.35. The van der Waals surface area contributed by atoms with Crippen LogP contribution in [0.1, 0.15) is 15.4 Å². The Labute approximate surface area is 147 Å². The summed E-state index contributed by atoms with van der Waals surface area (Å²) >= 11 is 0.860. The molecule has 0 fully saturated rings. The summed E-state index contributed by atoms with van der Waals surface area (Å²) in [6, 6.07) is 8.20. The second-order valence-corrected chi connectivity index (χ2v) is 8.00. The maximum Gasteiger partial charge on any atom is 0.347 e. The fraction of sp³-hybridized carbons (Fsp3) is 0.133. The molecule has 1 N–H and O–H groups in total. The number of carbonyl (C=O) groups is 1. The van der Waals surface area contributed by atoms with Gasteiger partial charge in [-0.05, 0) is 23.6 Å². The zero-order chi connectivity index (χ0) is 18.0. The Hall–Kier alpha value is -2.56. The van der Waals surface area contributed by atoms with Crippen LogP contribution in [0.5, 0.6) is 0 Å². The molecule has 0 aliphatic carbocycles. The molecule has 3 aromatic rings. The maximum atomic E-state index is 12.6. The predicted octanol–water partition coefficient (Wildman–Crippen LogP) is 2.32. The van der Waals surface area contributed by atoms with E-state index in [0.717, 1.165) is 15.6 Å². The topological polar surface area (TPSA) is 114 Å². The van der Waals surface area contributed by atoms with Crippen molar-refractivity contribution < 1.29 is 22.8 Å². The minimum Gasteiger partial charge on any atom is -0.477 e. The third-order valence-electron chi connectivity index (χ3n) is 3.38. The van der Waals surface area contributed by atoms with Gasteiger partial charge in [-0.1, -0.05) is 11.2 Å². The smallest absolute Gasteiger partial charge is 0.347 e. The zero-order valence-electron chi connectivity index (χ0n) is 13.0. The summed E-state index contributed by atoms with van der Waals surface area (Å²) in [7, 11) is -2.62. The number of aromatic nitrogens is 2. The largest absolute Gasteiger partial charge is 0.477 e. The van der Waals surface area contributed by atoms with Crippen LogP contribution in [0.2, 0.25) is 0 Å². The van der Waals surface area contributed by atoms with Gasteiger partial charge in [0.15, 0.2) is 5.76 Å². The van der Waals surface area contributed by atoms with E-state index in [0.29, 0.717) is 17.1 Å². The number of carboxylic acids is 1. The quantitative estimate of drug-likeness (QED) is 0.699. The van der Waals surface area contributed by atoms with E-state index in [4.69, 9.17) is 9.63 Å². The van der Waals surface area contributed by atoms with Gasteiger partial charge in [0, 0.05) is 19.3 Å². The number of hydrogen-bond acceptors (Lipinski definition) is 7. The van der Waals surface area contributed by atoms with Crippen molar-refractivity contribution in [1.82, 2.24) is 14.4 Å². The first kappa shape index (κ1) is 17.3. The van der Waals surface area contributed by atoms with Crippen LogP contribution in [0.25, 0.3) is 11.4 Å². The van der Waals surface area contributed by atoms with E-state index in [-0.39, 0.29) is 16.3 Å². The molecule has 0 aliphatic rings. The van der Waals surface area contributed by atoms with Crippen LogP contribution in [-0.4, -0.2) is 41.0 Å². The van der Waals surface area contributed by atoms with Crippen molar-refractivity contribution in [1.29, 1.82) is 0 Å². The van der Waals surface area contributed by atoms with Gasteiger partial charge in [-0.15, -0.1) is 11.3 Å². The molecule has 3 rings (SSSR count). The summed E-state index contributed by atoms with van der Waals surface area (Å²) < 4.78 is 31.4. The van der Waals surface area contributed by atoms with Gasteiger partial charge in [0.05, 0.1) is 12.2 Å². The number of thiophene rings is 1. The van der Waals surface area contributed by atoms with Crippen molar-refractivity contribution in [3.63, 3.8) is 0 Å². The SMILES string of the molecule is CN(Cc1cc(-c2ccccn2)no1)S(=O)(=O)c1ccsc1C(=O)O. The summed E-state index contributed by atoms with van der Waals surface area (Å²) in [5.41, 5.74) is 1.09. The minimum absolute atomic E-state index is 0.0862. The van der Waals surface area contributed by atoms with E-state index in [1.165, 1.54) is 18.5 Å². The lowest BCUT2D eigenvalue weighted by molar-refractivity contribution is 0.0698. The van der Waals surface area contributed by atoms with Gasteiger partial charge in [0.1, 0.15) is 15.5 Å². The fourth-order valence-electron chi connectivity index (χ4n) is 2.15. The van der Waals surface area contributed by atoms with Gasteiger partial charge in [0.25, 0.3) is 0 Å². The minimum atomic E-state index is -3.97. The summed E-state index contributed by atoms with van der Waals surface area (Å²) in [4.78, 5) is 14.8. The van der Waals surface area contributed by atoms with Gasteiger partial charge in [0.2, 0.25) is 10.0 Å². The second kappa shape index (κ2) is 6.75. The molecular weight excluding hydrogens is 366 g/mol. The van der Waals surface area contributed by atoms with Crippen molar-refractivity contribution in [3.8, 4) is 11.4 Å². The summed E-state index contributed by atoms with van der Waals surface area (Å²) in [6.45, 7) is -0.0862. The van der Waals surface area contributed by atoms with Crippen molar-refractivity contribution in [2.75, 3.05) is 7.05 Å². The summed E-state index contributed by atoms with van der Waals surface area (Å²) in [6.07, 6.45) is 1.62. The third-order valence-corrected chi connectivity index (χ3v) is 6.25. The zero-order valence-corrected chi connectivity index (χ0v) is 14.6. The van der Waals surface area contributed by atoms with Gasteiger partial charge >= 0.3 is 5.97 Å². The van der Waals surface area contributed by atoms with Crippen LogP contribution >= 0.6 is 11.3 Å². The number of sulfonamides is 1. The molecule has 8 nitrogen and oxygen atoms in total. The van der Waals surface area contributed by atoms with E-state index in [9.17, 15) is 13.2 Å². The Morgan fingerprint density at radius 3 is 2.80 bits per heavy atom. The highest BCUT2D eigenvalue weighted by Gasteiger charge is 2.28. The molecule has 0 aliphatic heterocycles. The van der Waals surface area contributed by atoms with Crippen LogP contribution in [0, 0.1) is 0 Å². The molecule has 10 heteroatoms. The van der Waals surface area contributed by atoms with Crippen LogP contribution < -0.4 is 0 Å². The highest BCUT2D eigenvalue weighted by atomic mass is 32.2.